The number of fused-ring (bicyclic) bond motifs is 1. The fourth-order valence-corrected chi connectivity index (χ4v) is 3.89. The maximum absolute atomic E-state index is 13.5. The first-order valence-corrected chi connectivity index (χ1v) is 10.1. The van der Waals surface area contributed by atoms with E-state index < -0.39 is 6.43 Å². The molecule has 8 heteroatoms. The molecule has 1 atom stereocenters. The third-order valence-electron chi connectivity index (χ3n) is 5.77. The quantitative estimate of drug-likeness (QED) is 0.820. The van der Waals surface area contributed by atoms with Gasteiger partial charge in [0.15, 0.2) is 5.65 Å². The van der Waals surface area contributed by atoms with Crippen molar-refractivity contribution in [3.63, 3.8) is 0 Å². The van der Waals surface area contributed by atoms with Crippen LogP contribution in [0.25, 0.3) is 5.65 Å². The third-order valence-corrected chi connectivity index (χ3v) is 5.77. The first-order chi connectivity index (χ1) is 13.4. The van der Waals surface area contributed by atoms with E-state index in [0.29, 0.717) is 5.69 Å². The number of hydrogen-bond acceptors (Lipinski definition) is 4. The third kappa shape index (κ3) is 4.01. The van der Waals surface area contributed by atoms with Gasteiger partial charge in [0.05, 0.1) is 6.20 Å². The molecule has 1 unspecified atom stereocenters. The Morgan fingerprint density at radius 2 is 2.00 bits per heavy atom. The van der Waals surface area contributed by atoms with E-state index in [4.69, 9.17) is 0 Å². The van der Waals surface area contributed by atoms with E-state index in [2.05, 4.69) is 27.2 Å². The number of aromatic nitrogens is 3. The van der Waals surface area contributed by atoms with Crippen LogP contribution in [0.15, 0.2) is 12.3 Å². The van der Waals surface area contributed by atoms with Gasteiger partial charge in [-0.2, -0.15) is 5.10 Å². The predicted molar refractivity (Wildman–Crippen MR) is 102 cm³/mol. The summed E-state index contributed by atoms with van der Waals surface area (Å²) < 4.78 is 28.0. The van der Waals surface area contributed by atoms with E-state index in [1.807, 2.05) is 6.92 Å². The highest BCUT2D eigenvalue weighted by Crippen LogP contribution is 2.40. The molecule has 3 heterocycles. The highest BCUT2D eigenvalue weighted by molar-refractivity contribution is 5.99. The second kappa shape index (κ2) is 7.73. The second-order valence-corrected chi connectivity index (χ2v) is 8.33. The molecule has 2 aromatic heterocycles. The first-order valence-electron chi connectivity index (χ1n) is 10.1. The molecule has 2 fully saturated rings. The zero-order chi connectivity index (χ0) is 19.8. The summed E-state index contributed by atoms with van der Waals surface area (Å²) in [5, 5.41) is 7.00. The average Bonchev–Trinajstić information content (AvgIpc) is 3.41. The zero-order valence-electron chi connectivity index (χ0n) is 16.4. The lowest BCUT2D eigenvalue weighted by atomic mass is 9.99. The van der Waals surface area contributed by atoms with Gasteiger partial charge in [-0.15, -0.1) is 0 Å². The molecular formula is C20H27F2N5O. The van der Waals surface area contributed by atoms with Gasteiger partial charge in [-0.05, 0) is 57.7 Å². The number of nitrogens with one attached hydrogen (secondary N) is 1. The van der Waals surface area contributed by atoms with Crippen molar-refractivity contribution < 1.29 is 13.6 Å². The SMILES string of the molecule is CC1CCN(CC(C)NC(=O)c2cnn3c(C(F)F)cc(C4CC4)nc23)CC1. The van der Waals surface area contributed by atoms with Crippen molar-refractivity contribution in [3.05, 3.63) is 29.2 Å². The van der Waals surface area contributed by atoms with Gasteiger partial charge in [0.25, 0.3) is 12.3 Å². The first kappa shape index (κ1) is 19.2. The molecule has 2 aliphatic rings. The summed E-state index contributed by atoms with van der Waals surface area (Å²) in [7, 11) is 0. The Balaban J connectivity index is 1.51. The summed E-state index contributed by atoms with van der Waals surface area (Å²) in [4.78, 5) is 19.6. The Morgan fingerprint density at radius 3 is 2.64 bits per heavy atom. The average molecular weight is 391 g/mol. The van der Waals surface area contributed by atoms with Gasteiger partial charge in [0.1, 0.15) is 11.3 Å². The molecule has 1 amide bonds. The van der Waals surface area contributed by atoms with E-state index in [1.165, 1.54) is 25.1 Å². The topological polar surface area (TPSA) is 62.5 Å². The highest BCUT2D eigenvalue weighted by Gasteiger charge is 2.29. The number of halogens is 2. The van der Waals surface area contributed by atoms with Crippen LogP contribution in [0, 0.1) is 5.92 Å². The molecule has 1 saturated carbocycles. The lowest BCUT2D eigenvalue weighted by Crippen LogP contribution is -2.44. The van der Waals surface area contributed by atoms with Crippen LogP contribution in [-0.4, -0.2) is 51.1 Å². The summed E-state index contributed by atoms with van der Waals surface area (Å²) in [5.74, 6) is 0.665. The van der Waals surface area contributed by atoms with Crippen molar-refractivity contribution in [2.45, 2.75) is 57.9 Å². The number of nitrogens with zero attached hydrogens (tertiary/aromatic N) is 4. The van der Waals surface area contributed by atoms with Gasteiger partial charge in [0, 0.05) is 24.2 Å². The van der Waals surface area contributed by atoms with E-state index in [-0.39, 0.29) is 34.8 Å². The molecule has 28 heavy (non-hydrogen) atoms. The van der Waals surface area contributed by atoms with Gasteiger partial charge in [0.2, 0.25) is 0 Å². The minimum absolute atomic E-state index is 0.0444. The summed E-state index contributed by atoms with van der Waals surface area (Å²) in [6, 6.07) is 1.38. The summed E-state index contributed by atoms with van der Waals surface area (Å²) >= 11 is 0. The number of rotatable bonds is 6. The smallest absolute Gasteiger partial charge is 0.280 e. The Morgan fingerprint density at radius 1 is 1.29 bits per heavy atom. The standard InChI is InChI=1S/C20H27F2N5O/c1-12-5-7-26(8-6-12)11-13(2)24-20(28)15-10-23-27-17(18(21)22)9-16(14-3-4-14)25-19(15)27/h9-10,12-14,18H,3-8,11H2,1-2H3,(H,24,28). The number of piperidine rings is 1. The van der Waals surface area contributed by atoms with Gasteiger partial charge in [-0.3, -0.25) is 4.79 Å². The molecule has 6 nitrogen and oxygen atoms in total. The number of carbonyl (C=O) groups excluding carboxylic acids is 1. The van der Waals surface area contributed by atoms with Crippen LogP contribution >= 0.6 is 0 Å². The molecule has 1 aliphatic carbocycles. The number of likely N-dealkylation sites (tertiary alicyclic amines) is 1. The lowest BCUT2D eigenvalue weighted by Gasteiger charge is -2.32. The minimum Gasteiger partial charge on any atom is -0.348 e. The molecule has 2 aromatic rings. The van der Waals surface area contributed by atoms with Crippen molar-refractivity contribution >= 4 is 11.6 Å². The fourth-order valence-electron chi connectivity index (χ4n) is 3.89. The van der Waals surface area contributed by atoms with Crippen molar-refractivity contribution in [1.82, 2.24) is 24.8 Å². The summed E-state index contributed by atoms with van der Waals surface area (Å²) in [6.45, 7) is 7.10. The number of amides is 1. The molecule has 0 bridgehead atoms. The lowest BCUT2D eigenvalue weighted by molar-refractivity contribution is 0.0922. The van der Waals surface area contributed by atoms with Crippen molar-refractivity contribution in [1.29, 1.82) is 0 Å². The fraction of sp³-hybridized carbons (Fsp3) is 0.650. The number of hydrogen-bond donors (Lipinski definition) is 1. The Kier molecular flexibility index (Phi) is 5.31. The summed E-state index contributed by atoms with van der Waals surface area (Å²) in [6.07, 6.45) is 2.94. The molecule has 4 rings (SSSR count). The second-order valence-electron chi connectivity index (χ2n) is 8.33. The molecule has 152 valence electrons. The van der Waals surface area contributed by atoms with Crippen LogP contribution in [0.2, 0.25) is 0 Å². The Hall–Kier alpha value is -2.09. The Bertz CT molecular complexity index is 856. The predicted octanol–water partition coefficient (Wildman–Crippen LogP) is 3.39. The molecule has 1 saturated heterocycles. The molecule has 0 radical (unpaired) electrons. The molecule has 0 spiro atoms. The largest absolute Gasteiger partial charge is 0.348 e. The molecule has 1 aliphatic heterocycles. The Labute approximate surface area is 163 Å². The molecular weight excluding hydrogens is 364 g/mol. The van der Waals surface area contributed by atoms with Crippen LogP contribution in [0.3, 0.4) is 0 Å². The van der Waals surface area contributed by atoms with Crippen LogP contribution in [0.1, 0.15) is 73.6 Å². The normalized spacial score (nSPS) is 20.0. The maximum Gasteiger partial charge on any atom is 0.280 e. The van der Waals surface area contributed by atoms with Crippen LogP contribution in [0.4, 0.5) is 8.78 Å². The highest BCUT2D eigenvalue weighted by atomic mass is 19.3. The van der Waals surface area contributed by atoms with Crippen LogP contribution in [-0.2, 0) is 0 Å². The van der Waals surface area contributed by atoms with E-state index >= 15 is 0 Å². The summed E-state index contributed by atoms with van der Waals surface area (Å²) in [5.41, 5.74) is 0.897. The minimum atomic E-state index is -2.67. The van der Waals surface area contributed by atoms with E-state index in [9.17, 15) is 13.6 Å². The van der Waals surface area contributed by atoms with E-state index in [1.54, 1.807) is 0 Å². The van der Waals surface area contributed by atoms with Crippen molar-refractivity contribution in [3.8, 4) is 0 Å². The number of alkyl halides is 2. The van der Waals surface area contributed by atoms with Crippen LogP contribution in [0.5, 0.6) is 0 Å². The van der Waals surface area contributed by atoms with Gasteiger partial charge in [-0.1, -0.05) is 6.92 Å². The number of carbonyl (C=O) groups is 1. The maximum atomic E-state index is 13.5. The van der Waals surface area contributed by atoms with Crippen molar-refractivity contribution in [2.24, 2.45) is 5.92 Å². The molecule has 0 aromatic carbocycles. The monoisotopic (exact) mass is 391 g/mol. The van der Waals surface area contributed by atoms with Crippen molar-refractivity contribution in [2.75, 3.05) is 19.6 Å². The zero-order valence-corrected chi connectivity index (χ0v) is 16.4. The van der Waals surface area contributed by atoms with Gasteiger partial charge in [-0.25, -0.2) is 18.3 Å². The van der Waals surface area contributed by atoms with E-state index in [0.717, 1.165) is 42.9 Å². The van der Waals surface area contributed by atoms with Crippen LogP contribution < -0.4 is 5.32 Å². The van der Waals surface area contributed by atoms with Gasteiger partial charge >= 0.3 is 0 Å². The molecule has 1 N–H and O–H groups in total. The van der Waals surface area contributed by atoms with Gasteiger partial charge < -0.3 is 10.2 Å².